The van der Waals surface area contributed by atoms with Gasteiger partial charge in [-0.25, -0.2) is 4.79 Å². The summed E-state index contributed by atoms with van der Waals surface area (Å²) in [5, 5.41) is 16.9. The number of hydrogen-bond acceptors (Lipinski definition) is 10. The highest BCUT2D eigenvalue weighted by Gasteiger charge is 2.33. The minimum absolute atomic E-state index is 0.0408. The normalized spacial score (nSPS) is 15.1. The molecule has 1 aliphatic rings. The highest BCUT2D eigenvalue weighted by molar-refractivity contribution is 5.96. The van der Waals surface area contributed by atoms with Crippen molar-refractivity contribution in [2.24, 2.45) is 11.7 Å². The second-order valence-electron chi connectivity index (χ2n) is 14.1. The maximum absolute atomic E-state index is 12.5. The molecule has 3 aromatic carbocycles. The Morgan fingerprint density at radius 2 is 1.31 bits per heavy atom. The molecule has 1 saturated heterocycles. The molecule has 4 rings (SSSR count). The molecule has 0 saturated carbocycles. The fourth-order valence-electron chi connectivity index (χ4n) is 5.96. The van der Waals surface area contributed by atoms with Crippen LogP contribution in [0.15, 0.2) is 91.0 Å². The first-order chi connectivity index (χ1) is 28.1. The molecule has 0 radical (unpaired) electrons. The minimum Gasteiger partial charge on any atom is -0.484 e. The molecule has 3 unspecified atom stereocenters. The first-order valence-electron chi connectivity index (χ1n) is 20.0. The molecule has 0 aliphatic carbocycles. The zero-order valence-electron chi connectivity index (χ0n) is 33.1. The molecule has 3 aromatic rings. The second kappa shape index (κ2) is 27.8. The number of carboxylic acids is 1. The highest BCUT2D eigenvalue weighted by atomic mass is 16.5. The van der Waals surface area contributed by atoms with Crippen LogP contribution in [0.25, 0.3) is 0 Å². The van der Waals surface area contributed by atoms with E-state index in [9.17, 15) is 28.8 Å². The van der Waals surface area contributed by atoms with Gasteiger partial charge in [-0.15, -0.1) is 0 Å². The Bertz CT molecular complexity index is 1590. The van der Waals surface area contributed by atoms with E-state index in [1.54, 1.807) is 12.1 Å². The van der Waals surface area contributed by atoms with E-state index in [1.165, 1.54) is 0 Å². The van der Waals surface area contributed by atoms with Gasteiger partial charge in [-0.2, -0.15) is 0 Å². The topological polar surface area (TPSA) is 212 Å². The van der Waals surface area contributed by atoms with Crippen LogP contribution in [0.3, 0.4) is 0 Å². The van der Waals surface area contributed by atoms with E-state index in [4.69, 9.17) is 25.1 Å². The van der Waals surface area contributed by atoms with Crippen LogP contribution in [0.1, 0.15) is 88.2 Å². The lowest BCUT2D eigenvalue weighted by molar-refractivity contribution is -0.145. The number of aliphatic carboxylic acids is 1. The van der Waals surface area contributed by atoms with Crippen LogP contribution in [0.5, 0.6) is 5.75 Å². The number of ether oxygens (including phenoxy) is 3. The number of carbonyl (C=O) groups excluding carboxylic acids is 5. The molecule has 0 spiro atoms. The first-order valence-corrected chi connectivity index (χ1v) is 20.0. The van der Waals surface area contributed by atoms with Crippen LogP contribution in [0.4, 0.5) is 4.79 Å². The number of hydrogen-bond donors (Lipinski definition) is 5. The number of carbonyl (C=O) groups is 6. The van der Waals surface area contributed by atoms with E-state index >= 15 is 0 Å². The van der Waals surface area contributed by atoms with Crippen molar-refractivity contribution >= 4 is 35.6 Å². The van der Waals surface area contributed by atoms with Gasteiger partial charge >= 0.3 is 18.0 Å². The third kappa shape index (κ3) is 20.4. The van der Waals surface area contributed by atoms with E-state index in [1.807, 2.05) is 78.9 Å². The van der Waals surface area contributed by atoms with Crippen molar-refractivity contribution in [1.82, 2.24) is 16.0 Å². The third-order valence-corrected chi connectivity index (χ3v) is 9.30. The highest BCUT2D eigenvalue weighted by Crippen LogP contribution is 2.22. The number of rotatable bonds is 24. The maximum atomic E-state index is 12.5. The van der Waals surface area contributed by atoms with Crippen LogP contribution >= 0.6 is 0 Å². The summed E-state index contributed by atoms with van der Waals surface area (Å²) >= 11 is 0. The third-order valence-electron chi connectivity index (χ3n) is 9.30. The lowest BCUT2D eigenvalue weighted by Gasteiger charge is -2.28. The second-order valence-corrected chi connectivity index (χ2v) is 14.1. The molecule has 1 aliphatic heterocycles. The number of amides is 3. The van der Waals surface area contributed by atoms with Crippen molar-refractivity contribution in [3.63, 3.8) is 0 Å². The number of nitrogens with two attached hydrogens (primary N) is 1. The van der Waals surface area contributed by atoms with Crippen LogP contribution in [0.2, 0.25) is 0 Å². The predicted octanol–water partition coefficient (Wildman–Crippen LogP) is 5.61. The van der Waals surface area contributed by atoms with Crippen molar-refractivity contribution in [3.05, 3.63) is 102 Å². The molecule has 6 N–H and O–H groups in total. The first kappa shape index (κ1) is 46.6. The van der Waals surface area contributed by atoms with Gasteiger partial charge in [-0.1, -0.05) is 91.7 Å². The summed E-state index contributed by atoms with van der Waals surface area (Å²) in [7, 11) is 0. The summed E-state index contributed by atoms with van der Waals surface area (Å²) in [4.78, 5) is 70.7. The number of esters is 1. The van der Waals surface area contributed by atoms with Gasteiger partial charge in [0.05, 0.1) is 6.04 Å². The summed E-state index contributed by atoms with van der Waals surface area (Å²) in [6.07, 6.45) is 6.80. The lowest BCUT2D eigenvalue weighted by Crippen LogP contribution is -2.49. The Kier molecular flexibility index (Phi) is 22.3. The van der Waals surface area contributed by atoms with E-state index in [-0.39, 0.29) is 55.7 Å². The molecule has 14 nitrogen and oxygen atoms in total. The number of ketones is 1. The molecular formula is C44H58N4O10. The van der Waals surface area contributed by atoms with Crippen LogP contribution in [0, 0.1) is 5.92 Å². The standard InChI is InChI=1S/C30H38N2O6.C14H20N2O4/c33-27-20-24(14-6-2-9-18-29(35)38-21-23-12-4-1-5-13-23)30(36)32-26(27)17-10-11-19-31-28(34)22-37-25-15-7-3-8-16-25;15-12(13(17)18)8-4-5-9-16-14(19)20-10-11-6-2-1-3-7-11/h1,3-5,7-8,12-13,15-16,24,26H,2,6,9-11,14,17-22H2,(H,31,34)(H,32,36);1-3,6-7,12H,4-5,8-10,15H2,(H,16,19)(H,17,18). The Morgan fingerprint density at radius 3 is 1.97 bits per heavy atom. The van der Waals surface area contributed by atoms with Gasteiger partial charge < -0.3 is 41.0 Å². The van der Waals surface area contributed by atoms with Gasteiger partial charge in [0.25, 0.3) is 5.91 Å². The quantitative estimate of drug-likeness (QED) is 0.0555. The molecule has 3 amide bonds. The molecule has 3 atom stereocenters. The van der Waals surface area contributed by atoms with Crippen molar-refractivity contribution in [2.45, 2.75) is 102 Å². The molecule has 14 heteroatoms. The predicted molar refractivity (Wildman–Crippen MR) is 217 cm³/mol. The van der Waals surface area contributed by atoms with Gasteiger partial charge in [-0.3, -0.25) is 24.0 Å². The number of para-hydroxylation sites is 1. The SMILES string of the molecule is NC(CCCCNC(=O)OCc1ccccc1)C(=O)O.O=C(COc1ccccc1)NCCCCC1NC(=O)C(CCCCCC(=O)OCc2ccccc2)CC1=O. The summed E-state index contributed by atoms with van der Waals surface area (Å²) in [6.45, 7) is 1.41. The smallest absolute Gasteiger partial charge is 0.407 e. The van der Waals surface area contributed by atoms with Crippen molar-refractivity contribution in [2.75, 3.05) is 19.7 Å². The van der Waals surface area contributed by atoms with Gasteiger partial charge in [0.15, 0.2) is 12.4 Å². The van der Waals surface area contributed by atoms with E-state index < -0.39 is 24.1 Å². The molecule has 314 valence electrons. The van der Waals surface area contributed by atoms with Crippen LogP contribution < -0.4 is 26.4 Å². The Labute approximate surface area is 340 Å². The molecule has 0 aromatic heterocycles. The van der Waals surface area contributed by atoms with Crippen molar-refractivity contribution < 1.29 is 48.1 Å². The van der Waals surface area contributed by atoms with Crippen LogP contribution in [-0.4, -0.2) is 72.5 Å². The van der Waals surface area contributed by atoms with E-state index in [2.05, 4.69) is 16.0 Å². The van der Waals surface area contributed by atoms with Crippen molar-refractivity contribution in [3.8, 4) is 5.75 Å². The number of piperidine rings is 1. The van der Waals surface area contributed by atoms with E-state index in [0.717, 1.165) is 30.4 Å². The van der Waals surface area contributed by atoms with Gasteiger partial charge in [0.1, 0.15) is 25.0 Å². The Balaban J connectivity index is 0.000000379. The van der Waals surface area contributed by atoms with Gasteiger partial charge in [-0.05, 0) is 74.6 Å². The molecule has 1 heterocycles. The Hall–Kier alpha value is -5.76. The van der Waals surface area contributed by atoms with Crippen LogP contribution in [-0.2, 0) is 46.7 Å². The average molecular weight is 803 g/mol. The zero-order valence-corrected chi connectivity index (χ0v) is 33.1. The van der Waals surface area contributed by atoms with E-state index in [0.29, 0.717) is 70.2 Å². The number of unbranched alkanes of at least 4 members (excludes halogenated alkanes) is 4. The molecule has 0 bridgehead atoms. The lowest BCUT2D eigenvalue weighted by atomic mass is 9.87. The van der Waals surface area contributed by atoms with Gasteiger partial charge in [0, 0.05) is 31.8 Å². The maximum Gasteiger partial charge on any atom is 0.407 e. The molecular weight excluding hydrogens is 745 g/mol. The summed E-state index contributed by atoms with van der Waals surface area (Å²) in [5.41, 5.74) is 7.25. The summed E-state index contributed by atoms with van der Waals surface area (Å²) in [5.74, 6) is -1.06. The number of Topliss-reactive ketones (excluding diaryl/α,β-unsaturated/α-hetero) is 1. The average Bonchev–Trinajstić information content (AvgIpc) is 3.23. The zero-order chi connectivity index (χ0) is 41.8. The fourth-order valence-corrected chi connectivity index (χ4v) is 5.96. The monoisotopic (exact) mass is 802 g/mol. The van der Waals surface area contributed by atoms with Crippen molar-refractivity contribution in [1.29, 1.82) is 0 Å². The number of alkyl carbamates (subject to hydrolysis) is 1. The molecule has 1 fully saturated rings. The molecule has 58 heavy (non-hydrogen) atoms. The Morgan fingerprint density at radius 1 is 0.724 bits per heavy atom. The summed E-state index contributed by atoms with van der Waals surface area (Å²) < 4.78 is 15.7. The fraction of sp³-hybridized carbons (Fsp3) is 0.455. The number of benzene rings is 3. The van der Waals surface area contributed by atoms with Gasteiger partial charge in [0.2, 0.25) is 5.91 Å². The number of carboxylic acid groups (broad SMARTS) is 1. The number of nitrogens with one attached hydrogen (secondary N) is 3. The minimum atomic E-state index is -1.000. The summed E-state index contributed by atoms with van der Waals surface area (Å²) in [6, 6.07) is 26.8. The largest absolute Gasteiger partial charge is 0.484 e.